The van der Waals surface area contributed by atoms with E-state index in [2.05, 4.69) is 5.32 Å². The van der Waals surface area contributed by atoms with E-state index in [-0.39, 0.29) is 0 Å². The molecule has 1 rings (SSSR count). The summed E-state index contributed by atoms with van der Waals surface area (Å²) in [6.07, 6.45) is 2.60. The van der Waals surface area contributed by atoms with E-state index in [0.717, 1.165) is 6.61 Å². The molecule has 0 spiro atoms. The number of hydrogen-bond acceptors (Lipinski definition) is 2. The predicted octanol–water partition coefficient (Wildman–Crippen LogP) is 0.385. The summed E-state index contributed by atoms with van der Waals surface area (Å²) in [6.45, 7) is 2.05. The zero-order valence-corrected chi connectivity index (χ0v) is 5.31. The second-order valence-electron chi connectivity index (χ2n) is 2.25. The monoisotopic (exact) mass is 115 g/mol. The maximum Gasteiger partial charge on any atom is 0.0615 e. The van der Waals surface area contributed by atoms with Crippen molar-refractivity contribution in [1.82, 2.24) is 5.32 Å². The maximum atomic E-state index is 4.96. The van der Waals surface area contributed by atoms with Gasteiger partial charge < -0.3 is 10.1 Å². The molecule has 2 heteroatoms. The Morgan fingerprint density at radius 3 is 3.12 bits per heavy atom. The fourth-order valence-corrected chi connectivity index (χ4v) is 1.10. The molecule has 0 aliphatic carbocycles. The minimum atomic E-state index is 0.639. The summed E-state index contributed by atoms with van der Waals surface area (Å²) in [4.78, 5) is 0. The summed E-state index contributed by atoms with van der Waals surface area (Å²) in [5.41, 5.74) is 0. The zero-order chi connectivity index (χ0) is 5.82. The molecule has 2 nitrogen and oxygen atoms in total. The molecule has 1 heterocycles. The van der Waals surface area contributed by atoms with Crippen molar-refractivity contribution in [3.8, 4) is 0 Å². The number of hydrogen-bond donors (Lipinski definition) is 1. The van der Waals surface area contributed by atoms with Crippen molar-refractivity contribution in [2.45, 2.75) is 18.9 Å². The van der Waals surface area contributed by atoms with E-state index in [4.69, 9.17) is 4.74 Å². The third-order valence-electron chi connectivity index (χ3n) is 1.53. The van der Waals surface area contributed by atoms with E-state index < -0.39 is 0 Å². The van der Waals surface area contributed by atoms with Gasteiger partial charge in [0.1, 0.15) is 0 Å². The summed E-state index contributed by atoms with van der Waals surface area (Å²) in [7, 11) is 1.75. The highest BCUT2D eigenvalue weighted by Gasteiger charge is 2.11. The molecular formula is C6H13NO. The number of methoxy groups -OCH3 is 1. The van der Waals surface area contributed by atoms with E-state index in [0.29, 0.717) is 6.04 Å². The van der Waals surface area contributed by atoms with Crippen LogP contribution in [0.1, 0.15) is 12.8 Å². The van der Waals surface area contributed by atoms with Crippen LogP contribution in [0.5, 0.6) is 0 Å². The van der Waals surface area contributed by atoms with E-state index in [1.165, 1.54) is 19.4 Å². The van der Waals surface area contributed by atoms with Crippen LogP contribution in [0, 0.1) is 0 Å². The van der Waals surface area contributed by atoms with Crippen LogP contribution in [0.4, 0.5) is 0 Å². The SMILES string of the molecule is COCC1CCCN1. The summed E-state index contributed by atoms with van der Waals surface area (Å²) in [5, 5.41) is 3.33. The standard InChI is InChI=1S/C6H13NO/c1-8-5-6-3-2-4-7-6/h6-7H,2-5H2,1H3. The van der Waals surface area contributed by atoms with Crippen molar-refractivity contribution in [1.29, 1.82) is 0 Å². The van der Waals surface area contributed by atoms with Gasteiger partial charge in [-0.1, -0.05) is 0 Å². The lowest BCUT2D eigenvalue weighted by Crippen LogP contribution is -2.25. The summed E-state index contributed by atoms with van der Waals surface area (Å²) < 4.78 is 4.96. The van der Waals surface area contributed by atoms with Crippen LogP contribution in [0.3, 0.4) is 0 Å². The third kappa shape index (κ3) is 1.46. The first-order valence-electron chi connectivity index (χ1n) is 3.16. The highest BCUT2D eigenvalue weighted by Crippen LogP contribution is 2.03. The van der Waals surface area contributed by atoms with E-state index in [1.807, 2.05) is 0 Å². The molecule has 1 unspecified atom stereocenters. The molecule has 0 saturated carbocycles. The van der Waals surface area contributed by atoms with Gasteiger partial charge in [-0.15, -0.1) is 0 Å². The molecule has 1 aliphatic heterocycles. The Bertz CT molecular complexity index is 59.5. The molecular weight excluding hydrogens is 102 g/mol. The van der Waals surface area contributed by atoms with Gasteiger partial charge in [-0.2, -0.15) is 0 Å². The van der Waals surface area contributed by atoms with Crippen molar-refractivity contribution >= 4 is 0 Å². The van der Waals surface area contributed by atoms with Crippen LogP contribution in [0.15, 0.2) is 0 Å². The summed E-state index contributed by atoms with van der Waals surface area (Å²) in [6, 6.07) is 0.639. The number of ether oxygens (including phenoxy) is 1. The Morgan fingerprint density at radius 2 is 2.62 bits per heavy atom. The summed E-state index contributed by atoms with van der Waals surface area (Å²) >= 11 is 0. The molecule has 1 fully saturated rings. The maximum absolute atomic E-state index is 4.96. The van der Waals surface area contributed by atoms with Gasteiger partial charge in [-0.05, 0) is 19.4 Å². The molecule has 0 amide bonds. The minimum absolute atomic E-state index is 0.639. The van der Waals surface area contributed by atoms with Crippen molar-refractivity contribution in [3.63, 3.8) is 0 Å². The normalized spacial score (nSPS) is 28.9. The van der Waals surface area contributed by atoms with Gasteiger partial charge in [-0.3, -0.25) is 0 Å². The lowest BCUT2D eigenvalue weighted by molar-refractivity contribution is 0.173. The molecule has 0 aromatic carbocycles. The molecule has 1 atom stereocenters. The highest BCUT2D eigenvalue weighted by molar-refractivity contribution is 4.72. The quantitative estimate of drug-likeness (QED) is 0.562. The Labute approximate surface area is 50.2 Å². The number of nitrogens with one attached hydrogen (secondary N) is 1. The third-order valence-corrected chi connectivity index (χ3v) is 1.53. The molecule has 8 heavy (non-hydrogen) atoms. The Hall–Kier alpha value is -0.0800. The smallest absolute Gasteiger partial charge is 0.0615 e. The second kappa shape index (κ2) is 3.05. The fourth-order valence-electron chi connectivity index (χ4n) is 1.10. The van der Waals surface area contributed by atoms with Crippen LogP contribution >= 0.6 is 0 Å². The van der Waals surface area contributed by atoms with Crippen LogP contribution in [0.25, 0.3) is 0 Å². The van der Waals surface area contributed by atoms with Crippen LogP contribution in [-0.4, -0.2) is 26.3 Å². The Morgan fingerprint density at radius 1 is 1.75 bits per heavy atom. The molecule has 0 radical (unpaired) electrons. The average molecular weight is 115 g/mol. The topological polar surface area (TPSA) is 21.3 Å². The largest absolute Gasteiger partial charge is 0.383 e. The first-order valence-corrected chi connectivity index (χ1v) is 3.16. The van der Waals surface area contributed by atoms with Gasteiger partial charge >= 0.3 is 0 Å². The molecule has 48 valence electrons. The van der Waals surface area contributed by atoms with Gasteiger partial charge in [-0.25, -0.2) is 0 Å². The van der Waals surface area contributed by atoms with E-state index in [9.17, 15) is 0 Å². The van der Waals surface area contributed by atoms with Crippen LogP contribution in [-0.2, 0) is 4.74 Å². The minimum Gasteiger partial charge on any atom is -0.383 e. The van der Waals surface area contributed by atoms with Crippen molar-refractivity contribution in [2.75, 3.05) is 20.3 Å². The van der Waals surface area contributed by atoms with E-state index >= 15 is 0 Å². The molecule has 1 aliphatic rings. The first kappa shape index (κ1) is 6.05. The van der Waals surface area contributed by atoms with E-state index in [1.54, 1.807) is 7.11 Å². The van der Waals surface area contributed by atoms with Gasteiger partial charge in [0.2, 0.25) is 0 Å². The molecule has 0 aromatic rings. The van der Waals surface area contributed by atoms with Crippen molar-refractivity contribution in [3.05, 3.63) is 0 Å². The fraction of sp³-hybridized carbons (Fsp3) is 1.00. The molecule has 1 N–H and O–H groups in total. The Balaban J connectivity index is 2.06. The zero-order valence-electron chi connectivity index (χ0n) is 5.31. The van der Waals surface area contributed by atoms with Crippen molar-refractivity contribution < 1.29 is 4.74 Å². The predicted molar refractivity (Wildman–Crippen MR) is 32.9 cm³/mol. The first-order chi connectivity index (χ1) is 3.93. The van der Waals surface area contributed by atoms with Crippen LogP contribution in [0.2, 0.25) is 0 Å². The summed E-state index contributed by atoms with van der Waals surface area (Å²) in [5.74, 6) is 0. The van der Waals surface area contributed by atoms with Crippen molar-refractivity contribution in [2.24, 2.45) is 0 Å². The molecule has 1 saturated heterocycles. The van der Waals surface area contributed by atoms with Gasteiger partial charge in [0.25, 0.3) is 0 Å². The molecule has 0 bridgehead atoms. The second-order valence-corrected chi connectivity index (χ2v) is 2.25. The van der Waals surface area contributed by atoms with Crippen LogP contribution < -0.4 is 5.32 Å². The molecule has 0 aromatic heterocycles. The van der Waals surface area contributed by atoms with Gasteiger partial charge in [0, 0.05) is 13.2 Å². The highest BCUT2D eigenvalue weighted by atomic mass is 16.5. The van der Waals surface area contributed by atoms with Gasteiger partial charge in [0.15, 0.2) is 0 Å². The Kier molecular flexibility index (Phi) is 2.30. The lowest BCUT2D eigenvalue weighted by Gasteiger charge is -2.05. The number of rotatable bonds is 2. The lowest BCUT2D eigenvalue weighted by atomic mass is 10.2. The average Bonchev–Trinajstić information content (AvgIpc) is 2.19. The van der Waals surface area contributed by atoms with Gasteiger partial charge in [0.05, 0.1) is 6.61 Å².